The summed E-state index contributed by atoms with van der Waals surface area (Å²) in [6, 6.07) is 34.7. The maximum atomic E-state index is 13.9. The van der Waals surface area contributed by atoms with Gasteiger partial charge in [-0.25, -0.2) is 9.59 Å². The molecule has 0 amide bonds. The molecule has 4 aromatic rings. The van der Waals surface area contributed by atoms with Gasteiger partial charge in [-0.05, 0) is 103 Å². The summed E-state index contributed by atoms with van der Waals surface area (Å²) in [6.07, 6.45) is 3.91. The van der Waals surface area contributed by atoms with Crippen molar-refractivity contribution in [2.75, 3.05) is 27.6 Å². The highest BCUT2D eigenvalue weighted by molar-refractivity contribution is 6.99. The summed E-state index contributed by atoms with van der Waals surface area (Å²) in [6.45, 7) is 19.8. The molecule has 6 rings (SSSR count). The Hall–Kier alpha value is -4.57. The van der Waals surface area contributed by atoms with Gasteiger partial charge in [0.15, 0.2) is 12.6 Å². The number of carbonyl (C=O) groups is 2. The molecule has 10 nitrogen and oxygen atoms in total. The standard InChI is InChI=1S/C53H70O10Si2/c1-37(63-65(52(2,3)4,41-25-17-13-18-26-41)42-27-19-14-20-28-42)22-21-29-45(60-50(54)38-23-15-12-16-24-38)49-47(61-53(5,6)62-49)33-39-32-43(39)44-34-40(57-8)35-46(59-36-56-7)48(44)51(55)58-30-31-64(9,10)11/h12-21,23-29,34-35,37,39,43,45,47,49H,22,30-33,36H2,1-11H3/b29-21-/t37-,39?,43?,45?,47+,49-/m1/s1. The molecule has 0 spiro atoms. The van der Waals surface area contributed by atoms with Crippen molar-refractivity contribution < 1.29 is 47.2 Å². The Balaban J connectivity index is 1.27. The van der Waals surface area contributed by atoms with Crippen LogP contribution in [0.1, 0.15) is 93.0 Å². The van der Waals surface area contributed by atoms with Crippen LogP contribution in [0.2, 0.25) is 30.7 Å². The van der Waals surface area contributed by atoms with Crippen LogP contribution in [-0.4, -0.2) is 86.2 Å². The Morgan fingerprint density at radius 2 is 1.48 bits per heavy atom. The third kappa shape index (κ3) is 12.7. The lowest BCUT2D eigenvalue weighted by Crippen LogP contribution is -2.67. The number of hydrogen-bond donors (Lipinski definition) is 0. The van der Waals surface area contributed by atoms with Gasteiger partial charge >= 0.3 is 11.9 Å². The normalized spacial score (nSPS) is 20.5. The Labute approximate surface area is 389 Å². The highest BCUT2D eigenvalue weighted by Gasteiger charge is 2.52. The van der Waals surface area contributed by atoms with Gasteiger partial charge in [-0.3, -0.25) is 0 Å². The molecule has 1 saturated carbocycles. The van der Waals surface area contributed by atoms with Gasteiger partial charge in [-0.1, -0.05) is 125 Å². The number of hydrogen-bond acceptors (Lipinski definition) is 10. The summed E-state index contributed by atoms with van der Waals surface area (Å²) in [4.78, 5) is 27.7. The van der Waals surface area contributed by atoms with Gasteiger partial charge in [0.25, 0.3) is 8.32 Å². The zero-order chi connectivity index (χ0) is 47.0. The van der Waals surface area contributed by atoms with Gasteiger partial charge in [0.05, 0.1) is 25.4 Å². The van der Waals surface area contributed by atoms with Gasteiger partial charge in [-0.2, -0.15) is 0 Å². The van der Waals surface area contributed by atoms with Crippen molar-refractivity contribution >= 4 is 38.7 Å². The smallest absolute Gasteiger partial charge is 0.342 e. The lowest BCUT2D eigenvalue weighted by Gasteiger charge is -2.44. The average Bonchev–Trinajstić information content (AvgIpc) is 3.97. The second-order valence-electron chi connectivity index (χ2n) is 20.1. The molecule has 1 aliphatic heterocycles. The fourth-order valence-electron chi connectivity index (χ4n) is 8.94. The predicted octanol–water partition coefficient (Wildman–Crippen LogP) is 10.3. The molecule has 3 unspecified atom stereocenters. The number of methoxy groups -OCH3 is 2. The average molecular weight is 923 g/mol. The SMILES string of the molecule is COCOc1cc(OC)cc(C2CC2C[C@@H]2OC(C)(C)O[C@@H]2C(/C=C\C[C@@H](C)O[Si](c2ccccc2)(c2ccccc2)C(C)(C)C)OC(=O)c2ccccc2)c1C(=O)OCC[Si](C)(C)C. The third-order valence-corrected chi connectivity index (χ3v) is 19.1. The first-order valence-corrected chi connectivity index (χ1v) is 28.6. The summed E-state index contributed by atoms with van der Waals surface area (Å²) < 4.78 is 49.9. The van der Waals surface area contributed by atoms with Gasteiger partial charge < -0.3 is 37.6 Å². The lowest BCUT2D eigenvalue weighted by molar-refractivity contribution is -0.153. The minimum atomic E-state index is -2.82. The van der Waals surface area contributed by atoms with Crippen molar-refractivity contribution in [1.29, 1.82) is 0 Å². The van der Waals surface area contributed by atoms with Crippen molar-refractivity contribution in [3.63, 3.8) is 0 Å². The van der Waals surface area contributed by atoms with Crippen molar-refractivity contribution in [3.05, 3.63) is 132 Å². The molecule has 6 atom stereocenters. The number of carbonyl (C=O) groups excluding carboxylic acids is 2. The molecular weight excluding hydrogens is 853 g/mol. The third-order valence-electron chi connectivity index (χ3n) is 12.2. The number of ether oxygens (including phenoxy) is 7. The van der Waals surface area contributed by atoms with Crippen LogP contribution in [-0.2, 0) is 28.1 Å². The van der Waals surface area contributed by atoms with E-state index >= 15 is 0 Å². The lowest BCUT2D eigenvalue weighted by atomic mass is 9.96. The van der Waals surface area contributed by atoms with E-state index in [4.69, 9.17) is 37.6 Å². The molecular formula is C53H70O10Si2. The maximum Gasteiger partial charge on any atom is 0.342 e. The topological polar surface area (TPSA) is 108 Å². The summed E-state index contributed by atoms with van der Waals surface area (Å²) >= 11 is 0. The highest BCUT2D eigenvalue weighted by Crippen LogP contribution is 2.55. The van der Waals surface area contributed by atoms with Crippen molar-refractivity contribution in [1.82, 2.24) is 0 Å². The van der Waals surface area contributed by atoms with Crippen LogP contribution in [0.25, 0.3) is 0 Å². The van der Waals surface area contributed by atoms with E-state index in [1.807, 2.05) is 56.3 Å². The first-order valence-electron chi connectivity index (χ1n) is 22.9. The fourth-order valence-corrected chi connectivity index (χ4v) is 14.4. The molecule has 0 radical (unpaired) electrons. The van der Waals surface area contributed by atoms with Crippen LogP contribution in [0, 0.1) is 5.92 Å². The van der Waals surface area contributed by atoms with Crippen LogP contribution >= 0.6 is 0 Å². The van der Waals surface area contributed by atoms with E-state index in [1.54, 1.807) is 25.3 Å². The van der Waals surface area contributed by atoms with Crippen LogP contribution in [0.3, 0.4) is 0 Å². The summed E-state index contributed by atoms with van der Waals surface area (Å²) in [5, 5.41) is 2.24. The van der Waals surface area contributed by atoms with Crippen LogP contribution < -0.4 is 19.8 Å². The van der Waals surface area contributed by atoms with E-state index in [1.165, 1.54) is 17.5 Å². The molecule has 0 N–H and O–H groups in total. The molecule has 1 heterocycles. The van der Waals surface area contributed by atoms with E-state index in [2.05, 4.69) is 102 Å². The second-order valence-corrected chi connectivity index (χ2v) is 29.9. The Morgan fingerprint density at radius 1 is 0.862 bits per heavy atom. The minimum absolute atomic E-state index is 0.0113. The van der Waals surface area contributed by atoms with Crippen LogP contribution in [0.4, 0.5) is 0 Å². The van der Waals surface area contributed by atoms with E-state index in [-0.39, 0.29) is 29.8 Å². The highest BCUT2D eigenvalue weighted by atomic mass is 28.4. The molecule has 4 aromatic carbocycles. The summed E-state index contributed by atoms with van der Waals surface area (Å²) in [5.41, 5.74) is 1.63. The molecule has 0 bridgehead atoms. The number of benzene rings is 4. The summed E-state index contributed by atoms with van der Waals surface area (Å²) in [5.74, 6) is -0.800. The summed E-state index contributed by atoms with van der Waals surface area (Å²) in [7, 11) is -1.14. The molecule has 65 heavy (non-hydrogen) atoms. The molecule has 2 aliphatic rings. The molecule has 0 aromatic heterocycles. The molecule has 2 fully saturated rings. The molecule has 12 heteroatoms. The van der Waals surface area contributed by atoms with Gasteiger partial charge in [0.1, 0.15) is 29.3 Å². The number of esters is 2. The minimum Gasteiger partial charge on any atom is -0.497 e. The van der Waals surface area contributed by atoms with Gasteiger partial charge in [0, 0.05) is 27.4 Å². The Kier molecular flexibility index (Phi) is 16.4. The van der Waals surface area contributed by atoms with Gasteiger partial charge in [-0.15, -0.1) is 0 Å². The van der Waals surface area contributed by atoms with Crippen LogP contribution in [0.5, 0.6) is 11.5 Å². The van der Waals surface area contributed by atoms with Crippen LogP contribution in [0.15, 0.2) is 115 Å². The largest absolute Gasteiger partial charge is 0.497 e. The molecule has 1 saturated heterocycles. The van der Waals surface area contributed by atoms with Crippen molar-refractivity contribution in [3.8, 4) is 11.5 Å². The quantitative estimate of drug-likeness (QED) is 0.0347. The van der Waals surface area contributed by atoms with E-state index in [0.717, 1.165) is 18.0 Å². The Bertz CT molecular complexity index is 2160. The number of rotatable bonds is 21. The fraction of sp³-hybridized carbons (Fsp3) is 0.472. The zero-order valence-electron chi connectivity index (χ0n) is 40.3. The van der Waals surface area contributed by atoms with E-state index in [0.29, 0.717) is 42.1 Å². The maximum absolute atomic E-state index is 13.9. The predicted molar refractivity (Wildman–Crippen MR) is 261 cm³/mol. The van der Waals surface area contributed by atoms with Crippen molar-refractivity contribution in [2.24, 2.45) is 5.92 Å². The first kappa shape index (κ1) is 49.9. The first-order chi connectivity index (χ1) is 30.9. The zero-order valence-corrected chi connectivity index (χ0v) is 42.3. The molecule has 1 aliphatic carbocycles. The second kappa shape index (κ2) is 21.4. The Morgan fingerprint density at radius 3 is 2.05 bits per heavy atom. The van der Waals surface area contributed by atoms with Gasteiger partial charge in [0.2, 0.25) is 0 Å². The van der Waals surface area contributed by atoms with E-state index < -0.39 is 52.4 Å². The van der Waals surface area contributed by atoms with E-state index in [9.17, 15) is 9.59 Å². The molecule has 350 valence electrons. The monoisotopic (exact) mass is 922 g/mol. The van der Waals surface area contributed by atoms with Crippen molar-refractivity contribution in [2.45, 2.75) is 128 Å².